The topological polar surface area (TPSA) is 104 Å². The van der Waals surface area contributed by atoms with E-state index in [1.54, 1.807) is 11.0 Å². The van der Waals surface area contributed by atoms with Crippen molar-refractivity contribution in [2.24, 2.45) is 0 Å². The fourth-order valence-corrected chi connectivity index (χ4v) is 3.65. The Morgan fingerprint density at radius 3 is 2.73 bits per heavy atom. The fourth-order valence-electron chi connectivity index (χ4n) is 3.65. The number of carboxylic acid groups (broad SMARTS) is 1. The van der Waals surface area contributed by atoms with Crippen LogP contribution < -0.4 is 5.32 Å². The van der Waals surface area contributed by atoms with E-state index in [0.29, 0.717) is 24.9 Å². The lowest BCUT2D eigenvalue weighted by atomic mass is 9.98. The van der Waals surface area contributed by atoms with E-state index in [4.69, 9.17) is 5.11 Å². The molecule has 26 heavy (non-hydrogen) atoms. The van der Waals surface area contributed by atoms with Crippen LogP contribution in [0.3, 0.4) is 0 Å². The van der Waals surface area contributed by atoms with Gasteiger partial charge >= 0.3 is 5.97 Å². The molecule has 1 saturated heterocycles. The lowest BCUT2D eigenvalue weighted by Gasteiger charge is -2.29. The lowest BCUT2D eigenvalue weighted by Crippen LogP contribution is -2.52. The van der Waals surface area contributed by atoms with Crippen LogP contribution in [0.4, 0.5) is 0 Å². The lowest BCUT2D eigenvalue weighted by molar-refractivity contribution is -0.138. The Balaban J connectivity index is 1.66. The summed E-state index contributed by atoms with van der Waals surface area (Å²) in [7, 11) is 0. The van der Waals surface area contributed by atoms with Crippen LogP contribution in [-0.4, -0.2) is 39.7 Å². The van der Waals surface area contributed by atoms with Crippen molar-refractivity contribution in [3.05, 3.63) is 34.9 Å². The molecule has 3 amide bonds. The molecule has 0 spiro atoms. The molecule has 7 heteroatoms. The highest BCUT2D eigenvalue weighted by molar-refractivity contribution is 6.05. The predicted octanol–water partition coefficient (Wildman–Crippen LogP) is 1.64. The van der Waals surface area contributed by atoms with Gasteiger partial charge in [-0.15, -0.1) is 0 Å². The van der Waals surface area contributed by atoms with Crippen molar-refractivity contribution >= 4 is 23.7 Å². The van der Waals surface area contributed by atoms with E-state index in [9.17, 15) is 19.2 Å². The molecule has 0 saturated carbocycles. The maximum absolute atomic E-state index is 12.7. The number of piperidine rings is 1. The average Bonchev–Trinajstić information content (AvgIpc) is 2.92. The van der Waals surface area contributed by atoms with Gasteiger partial charge < -0.3 is 10.0 Å². The number of amides is 3. The van der Waals surface area contributed by atoms with Crippen LogP contribution in [-0.2, 0) is 27.3 Å². The van der Waals surface area contributed by atoms with Crippen molar-refractivity contribution in [3.63, 3.8) is 0 Å². The van der Waals surface area contributed by atoms with Crippen LogP contribution in [0, 0.1) is 0 Å². The Morgan fingerprint density at radius 1 is 1.19 bits per heavy atom. The molecule has 138 valence electrons. The maximum Gasteiger partial charge on any atom is 0.303 e. The number of benzene rings is 1. The number of unbranched alkanes of at least 4 members (excludes halogenated alkanes) is 2. The van der Waals surface area contributed by atoms with Gasteiger partial charge in [0.15, 0.2) is 0 Å². The number of aryl methyl sites for hydroxylation is 1. The zero-order valence-corrected chi connectivity index (χ0v) is 14.5. The molecule has 1 fully saturated rings. The summed E-state index contributed by atoms with van der Waals surface area (Å²) in [5.41, 5.74) is 2.64. The molecule has 2 aliphatic rings. The van der Waals surface area contributed by atoms with Gasteiger partial charge in [-0.3, -0.25) is 24.5 Å². The quantitative estimate of drug-likeness (QED) is 0.570. The molecule has 1 atom stereocenters. The van der Waals surface area contributed by atoms with Crippen molar-refractivity contribution in [2.45, 2.75) is 57.5 Å². The summed E-state index contributed by atoms with van der Waals surface area (Å²) >= 11 is 0. The molecular weight excluding hydrogens is 336 g/mol. The van der Waals surface area contributed by atoms with E-state index >= 15 is 0 Å². The zero-order chi connectivity index (χ0) is 18.7. The highest BCUT2D eigenvalue weighted by Gasteiger charge is 2.39. The van der Waals surface area contributed by atoms with Crippen LogP contribution in [0.25, 0.3) is 0 Å². The first kappa shape index (κ1) is 18.1. The van der Waals surface area contributed by atoms with Crippen molar-refractivity contribution in [1.29, 1.82) is 0 Å². The molecule has 0 aromatic heterocycles. The van der Waals surface area contributed by atoms with E-state index in [0.717, 1.165) is 30.4 Å². The van der Waals surface area contributed by atoms with Crippen molar-refractivity contribution in [1.82, 2.24) is 10.2 Å². The van der Waals surface area contributed by atoms with Gasteiger partial charge in [-0.05, 0) is 42.9 Å². The van der Waals surface area contributed by atoms with Gasteiger partial charge in [-0.2, -0.15) is 0 Å². The summed E-state index contributed by atoms with van der Waals surface area (Å²) < 4.78 is 0. The Kier molecular flexibility index (Phi) is 5.35. The van der Waals surface area contributed by atoms with Gasteiger partial charge in [0.1, 0.15) is 6.04 Å². The first-order chi connectivity index (χ1) is 12.5. The predicted molar refractivity (Wildman–Crippen MR) is 92.3 cm³/mol. The van der Waals surface area contributed by atoms with Crippen LogP contribution in [0.5, 0.6) is 0 Å². The Labute approximate surface area is 151 Å². The molecule has 1 unspecified atom stereocenters. The number of hydrogen-bond donors (Lipinski definition) is 2. The first-order valence-electron chi connectivity index (χ1n) is 8.94. The molecule has 2 N–H and O–H groups in total. The first-order valence-corrected chi connectivity index (χ1v) is 8.94. The third-order valence-corrected chi connectivity index (χ3v) is 5.02. The van der Waals surface area contributed by atoms with Gasteiger partial charge in [-0.1, -0.05) is 18.6 Å². The fraction of sp³-hybridized carbons (Fsp3) is 0.474. The number of imide groups is 1. The maximum atomic E-state index is 12.7. The second kappa shape index (κ2) is 7.68. The summed E-state index contributed by atoms with van der Waals surface area (Å²) in [6.45, 7) is 0.381. The molecule has 1 aromatic carbocycles. The van der Waals surface area contributed by atoms with Crippen LogP contribution >= 0.6 is 0 Å². The van der Waals surface area contributed by atoms with Crippen molar-refractivity contribution in [3.8, 4) is 0 Å². The summed E-state index contributed by atoms with van der Waals surface area (Å²) in [6.07, 6.45) is 3.87. The second-order valence-electron chi connectivity index (χ2n) is 6.80. The highest BCUT2D eigenvalue weighted by atomic mass is 16.4. The van der Waals surface area contributed by atoms with Gasteiger partial charge in [-0.25, -0.2) is 0 Å². The molecule has 1 aromatic rings. The number of nitrogens with one attached hydrogen (secondary N) is 1. The third-order valence-electron chi connectivity index (χ3n) is 5.02. The second-order valence-corrected chi connectivity index (χ2v) is 6.80. The zero-order valence-electron chi connectivity index (χ0n) is 14.5. The standard InChI is InChI=1S/C19H22N2O5/c22-16-10-9-15(18(25)20-16)21-11-14-12(5-2-1-3-8-17(23)24)6-4-7-13(14)19(21)26/h4,6-7,15H,1-3,5,8-11H2,(H,23,24)(H,20,22,25). The SMILES string of the molecule is O=C(O)CCCCCc1cccc2c1CN(C1CCC(=O)NC1=O)C2=O. The molecule has 3 rings (SSSR count). The van der Waals surface area contributed by atoms with Crippen LogP contribution in [0.15, 0.2) is 18.2 Å². The van der Waals surface area contributed by atoms with Gasteiger partial charge in [0.25, 0.3) is 5.91 Å². The summed E-state index contributed by atoms with van der Waals surface area (Å²) in [6, 6.07) is 5.00. The van der Waals surface area contributed by atoms with Gasteiger partial charge in [0.05, 0.1) is 0 Å². The molecule has 0 bridgehead atoms. The summed E-state index contributed by atoms with van der Waals surface area (Å²) in [5, 5.41) is 11.0. The Bertz CT molecular complexity index is 758. The van der Waals surface area contributed by atoms with Crippen LogP contribution in [0.2, 0.25) is 0 Å². The average molecular weight is 358 g/mol. The number of hydrogen-bond acceptors (Lipinski definition) is 4. The number of fused-ring (bicyclic) bond motifs is 1. The molecule has 0 aliphatic carbocycles. The Morgan fingerprint density at radius 2 is 2.00 bits per heavy atom. The number of carbonyl (C=O) groups excluding carboxylic acids is 3. The third kappa shape index (κ3) is 3.76. The summed E-state index contributed by atoms with van der Waals surface area (Å²) in [5.74, 6) is -1.65. The van der Waals surface area contributed by atoms with Crippen LogP contribution in [0.1, 0.15) is 60.0 Å². The molecule has 7 nitrogen and oxygen atoms in total. The number of carboxylic acids is 1. The normalized spacial score (nSPS) is 19.5. The highest BCUT2D eigenvalue weighted by Crippen LogP contribution is 2.30. The van der Waals surface area contributed by atoms with E-state index in [1.807, 2.05) is 12.1 Å². The van der Waals surface area contributed by atoms with E-state index in [1.165, 1.54) is 0 Å². The number of carbonyl (C=O) groups is 4. The minimum absolute atomic E-state index is 0.165. The van der Waals surface area contributed by atoms with E-state index < -0.39 is 17.9 Å². The minimum Gasteiger partial charge on any atom is -0.481 e. The van der Waals surface area contributed by atoms with Gasteiger partial charge in [0, 0.05) is 24.9 Å². The summed E-state index contributed by atoms with van der Waals surface area (Å²) in [4.78, 5) is 48.3. The smallest absolute Gasteiger partial charge is 0.303 e. The number of aliphatic carboxylic acids is 1. The Hall–Kier alpha value is -2.70. The molecular formula is C19H22N2O5. The monoisotopic (exact) mass is 358 g/mol. The molecule has 2 aliphatic heterocycles. The largest absolute Gasteiger partial charge is 0.481 e. The number of nitrogens with zero attached hydrogens (tertiary/aromatic N) is 1. The molecule has 0 radical (unpaired) electrons. The van der Waals surface area contributed by atoms with E-state index in [-0.39, 0.29) is 24.7 Å². The van der Waals surface area contributed by atoms with Crippen molar-refractivity contribution < 1.29 is 24.3 Å². The van der Waals surface area contributed by atoms with E-state index in [2.05, 4.69) is 5.32 Å². The number of rotatable bonds is 7. The minimum atomic E-state index is -0.781. The van der Waals surface area contributed by atoms with Gasteiger partial charge in [0.2, 0.25) is 11.8 Å². The molecule has 2 heterocycles. The van der Waals surface area contributed by atoms with Crippen molar-refractivity contribution in [2.75, 3.05) is 0 Å².